The van der Waals surface area contributed by atoms with E-state index in [0.29, 0.717) is 17.1 Å². The zero-order valence-electron chi connectivity index (χ0n) is 12.0. The monoisotopic (exact) mass is 287 g/mol. The molecule has 0 radical (unpaired) electrons. The van der Waals surface area contributed by atoms with Gasteiger partial charge in [-0.25, -0.2) is 0 Å². The normalized spacial score (nSPS) is 10.4. The van der Waals surface area contributed by atoms with E-state index in [2.05, 4.69) is 32.0 Å². The summed E-state index contributed by atoms with van der Waals surface area (Å²) in [6.45, 7) is 4.47. The molecule has 0 amide bonds. The Balaban J connectivity index is 2.12. The van der Waals surface area contributed by atoms with E-state index in [0.717, 1.165) is 5.69 Å². The van der Waals surface area contributed by atoms with Crippen LogP contribution in [0.15, 0.2) is 42.5 Å². The van der Waals surface area contributed by atoms with Gasteiger partial charge in [-0.1, -0.05) is 17.7 Å². The van der Waals surface area contributed by atoms with Crippen molar-refractivity contribution < 1.29 is 4.79 Å². The standard InChI is InChI=1S/C17H18ClNO/c1-12-8-13(2)10-16(9-12)19(3)11-17(20)14-4-6-15(18)7-5-14/h4-10H,11H2,1-3H3. The number of anilines is 1. The summed E-state index contributed by atoms with van der Waals surface area (Å²) in [5.41, 5.74) is 4.15. The third-order valence-electron chi connectivity index (χ3n) is 3.19. The average molecular weight is 288 g/mol. The number of halogens is 1. The molecule has 2 rings (SSSR count). The van der Waals surface area contributed by atoms with Gasteiger partial charge < -0.3 is 4.90 Å². The molecule has 0 saturated carbocycles. The highest BCUT2D eigenvalue weighted by Gasteiger charge is 2.10. The lowest BCUT2D eigenvalue weighted by Crippen LogP contribution is -2.25. The van der Waals surface area contributed by atoms with Crippen molar-refractivity contribution in [2.75, 3.05) is 18.5 Å². The smallest absolute Gasteiger partial charge is 0.182 e. The summed E-state index contributed by atoms with van der Waals surface area (Å²) in [4.78, 5) is 14.2. The van der Waals surface area contributed by atoms with Crippen LogP contribution in [0.1, 0.15) is 21.5 Å². The van der Waals surface area contributed by atoms with Crippen molar-refractivity contribution in [3.8, 4) is 0 Å². The average Bonchev–Trinajstić information content (AvgIpc) is 2.38. The zero-order valence-corrected chi connectivity index (χ0v) is 12.7. The Bertz CT molecular complexity index is 599. The maximum absolute atomic E-state index is 12.2. The van der Waals surface area contributed by atoms with Crippen LogP contribution >= 0.6 is 11.6 Å². The molecule has 0 bridgehead atoms. The third-order valence-corrected chi connectivity index (χ3v) is 3.45. The molecule has 0 aliphatic heterocycles. The largest absolute Gasteiger partial charge is 0.367 e. The van der Waals surface area contributed by atoms with Crippen LogP contribution in [0.3, 0.4) is 0 Å². The van der Waals surface area contributed by atoms with Crippen molar-refractivity contribution in [2.24, 2.45) is 0 Å². The number of likely N-dealkylation sites (N-methyl/N-ethyl adjacent to an activating group) is 1. The fourth-order valence-electron chi connectivity index (χ4n) is 2.20. The van der Waals surface area contributed by atoms with E-state index in [9.17, 15) is 4.79 Å². The molecule has 0 atom stereocenters. The van der Waals surface area contributed by atoms with Crippen LogP contribution < -0.4 is 4.90 Å². The van der Waals surface area contributed by atoms with E-state index in [1.807, 2.05) is 11.9 Å². The second-order valence-electron chi connectivity index (χ2n) is 5.13. The van der Waals surface area contributed by atoms with Crippen LogP contribution in [-0.2, 0) is 0 Å². The topological polar surface area (TPSA) is 20.3 Å². The number of Topliss-reactive ketones (excluding diaryl/α,β-unsaturated/α-hetero) is 1. The number of aryl methyl sites for hydroxylation is 2. The summed E-state index contributed by atoms with van der Waals surface area (Å²) >= 11 is 5.83. The van der Waals surface area contributed by atoms with Crippen molar-refractivity contribution in [3.05, 3.63) is 64.2 Å². The second-order valence-corrected chi connectivity index (χ2v) is 5.57. The quantitative estimate of drug-likeness (QED) is 0.783. The van der Waals surface area contributed by atoms with Gasteiger partial charge >= 0.3 is 0 Å². The molecule has 20 heavy (non-hydrogen) atoms. The van der Waals surface area contributed by atoms with Gasteiger partial charge in [0.25, 0.3) is 0 Å². The number of hydrogen-bond donors (Lipinski definition) is 0. The van der Waals surface area contributed by atoms with Gasteiger partial charge in [-0.05, 0) is 61.4 Å². The molecule has 2 aromatic carbocycles. The highest BCUT2D eigenvalue weighted by molar-refractivity contribution is 6.30. The van der Waals surface area contributed by atoms with Gasteiger partial charge in [0.05, 0.1) is 6.54 Å². The first kappa shape index (κ1) is 14.6. The number of carbonyl (C=O) groups excluding carboxylic acids is 1. The highest BCUT2D eigenvalue weighted by atomic mass is 35.5. The molecule has 2 nitrogen and oxygen atoms in total. The fourth-order valence-corrected chi connectivity index (χ4v) is 2.33. The van der Waals surface area contributed by atoms with E-state index in [1.54, 1.807) is 24.3 Å². The summed E-state index contributed by atoms with van der Waals surface area (Å²) in [6.07, 6.45) is 0. The summed E-state index contributed by atoms with van der Waals surface area (Å²) in [5.74, 6) is 0.0864. The van der Waals surface area contributed by atoms with E-state index in [4.69, 9.17) is 11.6 Å². The number of benzene rings is 2. The molecule has 0 spiro atoms. The fraction of sp³-hybridized carbons (Fsp3) is 0.235. The summed E-state index contributed by atoms with van der Waals surface area (Å²) in [6, 6.07) is 13.3. The molecule has 0 aromatic heterocycles. The van der Waals surface area contributed by atoms with Gasteiger partial charge in [-0.3, -0.25) is 4.79 Å². The van der Waals surface area contributed by atoms with Crippen LogP contribution in [0.4, 0.5) is 5.69 Å². The SMILES string of the molecule is Cc1cc(C)cc(N(C)CC(=O)c2ccc(Cl)cc2)c1. The molecular formula is C17H18ClNO. The van der Waals surface area contributed by atoms with E-state index in [-0.39, 0.29) is 5.78 Å². The van der Waals surface area contributed by atoms with Gasteiger partial charge in [0.2, 0.25) is 0 Å². The lowest BCUT2D eigenvalue weighted by Gasteiger charge is -2.19. The number of ketones is 1. The molecule has 0 N–H and O–H groups in total. The Morgan fingerprint density at radius 2 is 1.60 bits per heavy atom. The first-order valence-corrected chi connectivity index (χ1v) is 6.92. The van der Waals surface area contributed by atoms with E-state index >= 15 is 0 Å². The first-order valence-electron chi connectivity index (χ1n) is 6.54. The van der Waals surface area contributed by atoms with Crippen LogP contribution in [0.25, 0.3) is 0 Å². The predicted octanol–water partition coefficient (Wildman–Crippen LogP) is 4.28. The molecule has 0 saturated heterocycles. The Labute approximate surface area is 125 Å². The van der Waals surface area contributed by atoms with Crippen LogP contribution in [0, 0.1) is 13.8 Å². The molecular weight excluding hydrogens is 270 g/mol. The molecule has 2 aromatic rings. The van der Waals surface area contributed by atoms with E-state index < -0.39 is 0 Å². The number of rotatable bonds is 4. The molecule has 104 valence electrons. The third kappa shape index (κ3) is 3.61. The summed E-state index contributed by atoms with van der Waals surface area (Å²) in [7, 11) is 1.93. The molecule has 0 unspecified atom stereocenters. The molecule has 0 heterocycles. The van der Waals surface area contributed by atoms with E-state index in [1.165, 1.54) is 11.1 Å². The number of nitrogens with zero attached hydrogens (tertiary/aromatic N) is 1. The van der Waals surface area contributed by atoms with Crippen molar-refractivity contribution in [1.82, 2.24) is 0 Å². The minimum absolute atomic E-state index is 0.0864. The maximum Gasteiger partial charge on any atom is 0.182 e. The second kappa shape index (κ2) is 6.10. The number of hydrogen-bond acceptors (Lipinski definition) is 2. The molecule has 0 aliphatic carbocycles. The van der Waals surface area contributed by atoms with Gasteiger partial charge in [0.1, 0.15) is 0 Å². The lowest BCUT2D eigenvalue weighted by molar-refractivity contribution is 0.100. The summed E-state index contributed by atoms with van der Waals surface area (Å²) in [5, 5.41) is 0.643. The van der Waals surface area contributed by atoms with Gasteiger partial charge in [0, 0.05) is 23.3 Å². The predicted molar refractivity (Wildman–Crippen MR) is 85.0 cm³/mol. The summed E-state index contributed by atoms with van der Waals surface area (Å²) < 4.78 is 0. The Kier molecular flexibility index (Phi) is 4.46. The minimum Gasteiger partial charge on any atom is -0.367 e. The van der Waals surface area contributed by atoms with Crippen molar-refractivity contribution >= 4 is 23.1 Å². The zero-order chi connectivity index (χ0) is 14.7. The number of carbonyl (C=O) groups is 1. The maximum atomic E-state index is 12.2. The van der Waals surface area contributed by atoms with Crippen molar-refractivity contribution in [2.45, 2.75) is 13.8 Å². The Morgan fingerprint density at radius 1 is 1.05 bits per heavy atom. The molecule has 0 aliphatic rings. The highest BCUT2D eigenvalue weighted by Crippen LogP contribution is 2.18. The van der Waals surface area contributed by atoms with Crippen molar-refractivity contribution in [1.29, 1.82) is 0 Å². The van der Waals surface area contributed by atoms with Gasteiger partial charge in [-0.2, -0.15) is 0 Å². The lowest BCUT2D eigenvalue weighted by atomic mass is 10.1. The van der Waals surface area contributed by atoms with Gasteiger partial charge in [-0.15, -0.1) is 0 Å². The van der Waals surface area contributed by atoms with Crippen LogP contribution in [-0.4, -0.2) is 19.4 Å². The minimum atomic E-state index is 0.0864. The van der Waals surface area contributed by atoms with Crippen LogP contribution in [0.5, 0.6) is 0 Å². The Morgan fingerprint density at radius 3 is 2.15 bits per heavy atom. The van der Waals surface area contributed by atoms with Crippen molar-refractivity contribution in [3.63, 3.8) is 0 Å². The molecule has 3 heteroatoms. The van der Waals surface area contributed by atoms with Gasteiger partial charge in [0.15, 0.2) is 5.78 Å². The molecule has 0 fully saturated rings. The first-order chi connectivity index (χ1) is 9.45. The Hall–Kier alpha value is -1.80. The van der Waals surface area contributed by atoms with Crippen LogP contribution in [0.2, 0.25) is 5.02 Å².